The molecule has 3 N–H and O–H groups in total. The number of fused-ring (bicyclic) bond motifs is 1. The average Bonchev–Trinajstić information content (AvgIpc) is 3.07. The summed E-state index contributed by atoms with van der Waals surface area (Å²) < 4.78 is 3.65. The molecule has 0 aliphatic rings. The lowest BCUT2D eigenvalue weighted by atomic mass is 10.2. The van der Waals surface area contributed by atoms with Crippen LogP contribution in [0.4, 0.5) is 5.95 Å². The van der Waals surface area contributed by atoms with Gasteiger partial charge in [0.05, 0.1) is 5.56 Å². The third-order valence-electron chi connectivity index (χ3n) is 3.99. The van der Waals surface area contributed by atoms with Gasteiger partial charge in [0, 0.05) is 25.8 Å². The van der Waals surface area contributed by atoms with Crippen molar-refractivity contribution < 1.29 is 4.79 Å². The third kappa shape index (κ3) is 3.44. The van der Waals surface area contributed by atoms with Crippen molar-refractivity contribution in [2.24, 2.45) is 0 Å². The minimum Gasteiger partial charge on any atom is -0.369 e. The molecule has 0 atom stereocenters. The SMILES string of the molecule is CCn1c(N)nc2cc(C(=O)NCCCn3nc(C)nc3C)cnc21. The van der Waals surface area contributed by atoms with Crippen LogP contribution in [-0.2, 0) is 13.1 Å². The lowest BCUT2D eigenvalue weighted by Crippen LogP contribution is -2.25. The zero-order valence-corrected chi connectivity index (χ0v) is 14.7. The van der Waals surface area contributed by atoms with E-state index < -0.39 is 0 Å². The van der Waals surface area contributed by atoms with Crippen LogP contribution in [0, 0.1) is 13.8 Å². The molecule has 1 amide bonds. The Bertz CT molecular complexity index is 910. The van der Waals surface area contributed by atoms with Crippen molar-refractivity contribution >= 4 is 23.0 Å². The van der Waals surface area contributed by atoms with Gasteiger partial charge in [-0.1, -0.05) is 0 Å². The maximum absolute atomic E-state index is 12.3. The smallest absolute Gasteiger partial charge is 0.252 e. The van der Waals surface area contributed by atoms with Gasteiger partial charge in [0.2, 0.25) is 5.95 Å². The number of rotatable bonds is 6. The minimum atomic E-state index is -0.175. The molecule has 0 saturated carbocycles. The first-order valence-electron chi connectivity index (χ1n) is 8.27. The normalized spacial score (nSPS) is 11.2. The van der Waals surface area contributed by atoms with Crippen molar-refractivity contribution in [3.05, 3.63) is 29.5 Å². The molecule has 0 radical (unpaired) electrons. The van der Waals surface area contributed by atoms with Crippen LogP contribution in [0.25, 0.3) is 11.2 Å². The van der Waals surface area contributed by atoms with E-state index in [9.17, 15) is 4.79 Å². The van der Waals surface area contributed by atoms with Crippen molar-refractivity contribution in [2.45, 2.75) is 40.3 Å². The molecule has 0 bridgehead atoms. The second kappa shape index (κ2) is 6.88. The van der Waals surface area contributed by atoms with Gasteiger partial charge in [0.25, 0.3) is 5.91 Å². The molecule has 0 aliphatic heterocycles. The summed E-state index contributed by atoms with van der Waals surface area (Å²) in [5.41, 5.74) is 7.64. The fourth-order valence-corrected chi connectivity index (χ4v) is 2.77. The Morgan fingerprint density at radius 1 is 1.32 bits per heavy atom. The van der Waals surface area contributed by atoms with Gasteiger partial charge in [-0.25, -0.2) is 15.0 Å². The van der Waals surface area contributed by atoms with E-state index in [1.54, 1.807) is 16.8 Å². The molecule has 0 aromatic carbocycles. The van der Waals surface area contributed by atoms with E-state index in [0.717, 1.165) is 18.1 Å². The molecule has 3 aromatic heterocycles. The summed E-state index contributed by atoms with van der Waals surface area (Å²) in [6.45, 7) is 7.68. The largest absolute Gasteiger partial charge is 0.369 e. The van der Waals surface area contributed by atoms with Crippen molar-refractivity contribution in [3.63, 3.8) is 0 Å². The van der Waals surface area contributed by atoms with Crippen molar-refractivity contribution in [3.8, 4) is 0 Å². The molecule has 9 nitrogen and oxygen atoms in total. The summed E-state index contributed by atoms with van der Waals surface area (Å²) in [7, 11) is 0. The summed E-state index contributed by atoms with van der Waals surface area (Å²) in [5, 5.41) is 7.19. The second-order valence-electron chi connectivity index (χ2n) is 5.82. The van der Waals surface area contributed by atoms with Crippen LogP contribution in [0.15, 0.2) is 12.3 Å². The summed E-state index contributed by atoms with van der Waals surface area (Å²) in [5.74, 6) is 1.86. The van der Waals surface area contributed by atoms with Crippen LogP contribution in [0.3, 0.4) is 0 Å². The lowest BCUT2D eigenvalue weighted by Gasteiger charge is -2.06. The molecule has 3 heterocycles. The number of imidazole rings is 1. The van der Waals surface area contributed by atoms with Crippen LogP contribution in [0.2, 0.25) is 0 Å². The fraction of sp³-hybridized carbons (Fsp3) is 0.438. The highest BCUT2D eigenvalue weighted by Crippen LogP contribution is 2.16. The number of carbonyl (C=O) groups is 1. The lowest BCUT2D eigenvalue weighted by molar-refractivity contribution is 0.0952. The summed E-state index contributed by atoms with van der Waals surface area (Å²) >= 11 is 0. The second-order valence-corrected chi connectivity index (χ2v) is 5.82. The van der Waals surface area contributed by atoms with E-state index in [1.807, 2.05) is 25.5 Å². The highest BCUT2D eigenvalue weighted by molar-refractivity contribution is 5.96. The molecule has 0 spiro atoms. The summed E-state index contributed by atoms with van der Waals surface area (Å²) in [4.78, 5) is 25.1. The average molecular weight is 342 g/mol. The Hall–Kier alpha value is -2.97. The molecule has 3 rings (SSSR count). The van der Waals surface area contributed by atoms with Gasteiger partial charge in [0.1, 0.15) is 17.2 Å². The number of aryl methyl sites for hydroxylation is 4. The van der Waals surface area contributed by atoms with E-state index in [2.05, 4.69) is 25.4 Å². The molecule has 3 aromatic rings. The van der Waals surface area contributed by atoms with Crippen LogP contribution < -0.4 is 11.1 Å². The van der Waals surface area contributed by atoms with E-state index in [-0.39, 0.29) is 5.91 Å². The molecule has 0 fully saturated rings. The Morgan fingerprint density at radius 2 is 2.12 bits per heavy atom. The Kier molecular flexibility index (Phi) is 4.64. The molecule has 0 unspecified atom stereocenters. The third-order valence-corrected chi connectivity index (χ3v) is 3.99. The van der Waals surface area contributed by atoms with Crippen molar-refractivity contribution in [1.82, 2.24) is 34.6 Å². The van der Waals surface area contributed by atoms with E-state index in [1.165, 1.54) is 0 Å². The number of hydrogen-bond donors (Lipinski definition) is 2. The quantitative estimate of drug-likeness (QED) is 0.647. The Morgan fingerprint density at radius 3 is 2.80 bits per heavy atom. The Labute approximate surface area is 145 Å². The fourth-order valence-electron chi connectivity index (χ4n) is 2.77. The number of nitrogens with two attached hydrogens (primary N) is 1. The minimum absolute atomic E-state index is 0.175. The first-order valence-corrected chi connectivity index (χ1v) is 8.27. The predicted octanol–water partition coefficient (Wildman–Crippen LogP) is 1.06. The van der Waals surface area contributed by atoms with Gasteiger partial charge in [0.15, 0.2) is 5.65 Å². The monoisotopic (exact) mass is 342 g/mol. The Balaban J connectivity index is 1.59. The number of pyridine rings is 1. The van der Waals surface area contributed by atoms with Gasteiger partial charge in [-0.3, -0.25) is 14.0 Å². The molecular formula is C16H22N8O. The number of nitrogens with one attached hydrogen (secondary N) is 1. The van der Waals surface area contributed by atoms with Gasteiger partial charge in [-0.05, 0) is 33.3 Å². The molecule has 0 aliphatic carbocycles. The zero-order chi connectivity index (χ0) is 18.0. The molecular weight excluding hydrogens is 320 g/mol. The van der Waals surface area contributed by atoms with Crippen LogP contribution in [-0.4, -0.2) is 41.8 Å². The highest BCUT2D eigenvalue weighted by Gasteiger charge is 2.12. The van der Waals surface area contributed by atoms with Gasteiger partial charge in [-0.2, -0.15) is 5.10 Å². The molecule has 25 heavy (non-hydrogen) atoms. The summed E-state index contributed by atoms with van der Waals surface area (Å²) in [6.07, 6.45) is 2.32. The predicted molar refractivity (Wildman–Crippen MR) is 94.1 cm³/mol. The van der Waals surface area contributed by atoms with Crippen LogP contribution in [0.1, 0.15) is 35.4 Å². The van der Waals surface area contributed by atoms with Crippen LogP contribution >= 0.6 is 0 Å². The maximum Gasteiger partial charge on any atom is 0.252 e. The molecule has 0 saturated heterocycles. The van der Waals surface area contributed by atoms with Gasteiger partial charge < -0.3 is 11.1 Å². The van der Waals surface area contributed by atoms with E-state index in [0.29, 0.717) is 42.3 Å². The molecule has 132 valence electrons. The summed E-state index contributed by atoms with van der Waals surface area (Å²) in [6, 6.07) is 1.71. The van der Waals surface area contributed by atoms with E-state index >= 15 is 0 Å². The maximum atomic E-state index is 12.3. The number of aromatic nitrogens is 6. The molecule has 9 heteroatoms. The first-order chi connectivity index (χ1) is 12.0. The van der Waals surface area contributed by atoms with Crippen LogP contribution in [0.5, 0.6) is 0 Å². The van der Waals surface area contributed by atoms with Crippen molar-refractivity contribution in [2.75, 3.05) is 12.3 Å². The topological polar surface area (TPSA) is 117 Å². The number of amides is 1. The van der Waals surface area contributed by atoms with E-state index in [4.69, 9.17) is 5.73 Å². The first kappa shape index (κ1) is 16.9. The number of nitrogens with zero attached hydrogens (tertiary/aromatic N) is 6. The zero-order valence-electron chi connectivity index (χ0n) is 14.7. The van der Waals surface area contributed by atoms with Gasteiger partial charge >= 0.3 is 0 Å². The van der Waals surface area contributed by atoms with Crippen molar-refractivity contribution in [1.29, 1.82) is 0 Å². The number of nitrogen functional groups attached to an aromatic ring is 1. The number of hydrogen-bond acceptors (Lipinski definition) is 6. The highest BCUT2D eigenvalue weighted by atomic mass is 16.1. The number of carbonyl (C=O) groups excluding carboxylic acids is 1. The van der Waals surface area contributed by atoms with Gasteiger partial charge in [-0.15, -0.1) is 0 Å². The standard InChI is InChI=1S/C16H22N8O/c1-4-23-14-13(21-16(23)17)8-12(9-19-14)15(25)18-6-5-7-24-11(3)20-10(2)22-24/h8-9H,4-7H2,1-3H3,(H2,17,21)(H,18,25). The number of anilines is 1.